The Morgan fingerprint density at radius 3 is 2.31 bits per heavy atom. The van der Waals surface area contributed by atoms with Gasteiger partial charge in [0.25, 0.3) is 0 Å². The quantitative estimate of drug-likeness (QED) is 0.393. The lowest BCUT2D eigenvalue weighted by Gasteiger charge is -2.63. The second-order valence-corrected chi connectivity index (χ2v) is 20.0. The topological polar surface area (TPSA) is 47.9 Å². The summed E-state index contributed by atoms with van der Waals surface area (Å²) in [5.41, 5.74) is 0.883. The van der Waals surface area contributed by atoms with E-state index in [1.807, 2.05) is 0 Å². The SMILES string of the molecule is CC1(C)O[C@@H]2C3C(CC[C@]4(C)C(=C(F)CO)CCC34)[C@@]3(C)CC[C@H](O[Si](C)(C)C(C)(C)C)CC3[C@H]2O1. The summed E-state index contributed by atoms with van der Waals surface area (Å²) >= 11 is 0. The predicted molar refractivity (Wildman–Crippen MR) is 144 cm³/mol. The molecule has 1 saturated heterocycles. The van der Waals surface area contributed by atoms with E-state index in [-0.39, 0.29) is 33.9 Å². The van der Waals surface area contributed by atoms with Crippen molar-refractivity contribution in [2.24, 2.45) is 34.5 Å². The average Bonchev–Trinajstić information content (AvgIpc) is 3.28. The summed E-state index contributed by atoms with van der Waals surface area (Å²) in [5.74, 6) is 0.849. The van der Waals surface area contributed by atoms with Crippen LogP contribution < -0.4 is 0 Å². The predicted octanol–water partition coefficient (Wildman–Crippen LogP) is 7.38. The zero-order valence-corrected chi connectivity index (χ0v) is 25.2. The molecule has 0 amide bonds. The van der Waals surface area contributed by atoms with E-state index in [9.17, 15) is 9.50 Å². The van der Waals surface area contributed by atoms with Crippen LogP contribution in [0.2, 0.25) is 18.1 Å². The van der Waals surface area contributed by atoms with Crippen LogP contribution in [0.25, 0.3) is 0 Å². The molecule has 4 nitrogen and oxygen atoms in total. The fourth-order valence-electron chi connectivity index (χ4n) is 9.20. The lowest BCUT2D eigenvalue weighted by atomic mass is 9.43. The first-order chi connectivity index (χ1) is 16.5. The van der Waals surface area contributed by atoms with Crippen LogP contribution in [0.5, 0.6) is 0 Å². The number of rotatable bonds is 3. The first-order valence-corrected chi connectivity index (χ1v) is 17.5. The summed E-state index contributed by atoms with van der Waals surface area (Å²) < 4.78 is 35.4. The second kappa shape index (κ2) is 8.61. The van der Waals surface area contributed by atoms with Gasteiger partial charge in [-0.05, 0) is 117 Å². The van der Waals surface area contributed by atoms with E-state index in [1.54, 1.807) is 0 Å². The van der Waals surface area contributed by atoms with E-state index < -0.39 is 20.7 Å². The molecular weight excluding hydrogens is 471 g/mol. The molecule has 206 valence electrons. The summed E-state index contributed by atoms with van der Waals surface area (Å²) in [6.07, 6.45) is 7.63. The number of halogens is 1. The number of aliphatic hydroxyl groups is 1. The highest BCUT2D eigenvalue weighted by Gasteiger charge is 2.68. The molecule has 0 aromatic carbocycles. The zero-order chi connectivity index (χ0) is 26.5. The molecule has 0 spiro atoms. The molecule has 0 aromatic rings. The summed E-state index contributed by atoms with van der Waals surface area (Å²) in [5, 5.41) is 9.82. The van der Waals surface area contributed by atoms with Crippen LogP contribution in [-0.4, -0.2) is 44.1 Å². The number of allylic oxidation sites excluding steroid dienone is 1. The minimum Gasteiger partial charge on any atom is -0.414 e. The lowest BCUT2D eigenvalue weighted by Crippen LogP contribution is -2.63. The Balaban J connectivity index is 1.48. The van der Waals surface area contributed by atoms with Crippen molar-refractivity contribution < 1.29 is 23.4 Å². The molecule has 6 heteroatoms. The maximum atomic E-state index is 14.8. The van der Waals surface area contributed by atoms with Crippen molar-refractivity contribution in [3.05, 3.63) is 11.4 Å². The van der Waals surface area contributed by atoms with Crippen LogP contribution in [0.4, 0.5) is 4.39 Å². The van der Waals surface area contributed by atoms with Crippen LogP contribution in [0.15, 0.2) is 11.4 Å². The molecular formula is C30H51FO4Si. The van der Waals surface area contributed by atoms with E-state index in [1.165, 1.54) is 6.42 Å². The molecule has 1 aliphatic heterocycles. The van der Waals surface area contributed by atoms with Gasteiger partial charge in [0.15, 0.2) is 14.1 Å². The Bertz CT molecular complexity index is 909. The standard InChI is InChI=1S/C30H51FO4Si/c1-27(2,3)36(8,9)35-18-12-14-30(7)21-13-15-29(6)19(23(31)17-32)10-11-20(29)24(21)26-25(22(30)16-18)33-28(4,5)34-26/h18,20-22,24-26,32H,10-17H2,1-9H3/t18-,20?,21?,22?,24?,25+,26+,29+,30+/m0/s1. The van der Waals surface area contributed by atoms with Crippen LogP contribution in [0, 0.1) is 34.5 Å². The van der Waals surface area contributed by atoms with Crippen molar-refractivity contribution in [1.29, 1.82) is 0 Å². The van der Waals surface area contributed by atoms with Gasteiger partial charge in [0.1, 0.15) is 5.83 Å². The number of ether oxygens (including phenoxy) is 2. The van der Waals surface area contributed by atoms with Gasteiger partial charge in [0, 0.05) is 6.10 Å². The van der Waals surface area contributed by atoms with E-state index >= 15 is 0 Å². The van der Waals surface area contributed by atoms with Crippen molar-refractivity contribution >= 4 is 8.32 Å². The zero-order valence-electron chi connectivity index (χ0n) is 24.2. The van der Waals surface area contributed by atoms with E-state index in [4.69, 9.17) is 13.9 Å². The third-order valence-corrected chi connectivity index (χ3v) is 16.5. The highest BCUT2D eigenvalue weighted by Crippen LogP contribution is 2.69. The van der Waals surface area contributed by atoms with Gasteiger partial charge >= 0.3 is 0 Å². The summed E-state index contributed by atoms with van der Waals surface area (Å²) in [7, 11) is -1.85. The van der Waals surface area contributed by atoms with Gasteiger partial charge < -0.3 is 19.0 Å². The average molecular weight is 523 g/mol. The van der Waals surface area contributed by atoms with Gasteiger partial charge in [-0.15, -0.1) is 0 Å². The van der Waals surface area contributed by atoms with Gasteiger partial charge in [0.05, 0.1) is 18.8 Å². The Morgan fingerprint density at radius 2 is 1.67 bits per heavy atom. The van der Waals surface area contributed by atoms with Crippen LogP contribution >= 0.6 is 0 Å². The van der Waals surface area contributed by atoms with Crippen LogP contribution in [-0.2, 0) is 13.9 Å². The summed E-state index contributed by atoms with van der Waals surface area (Å²) in [4.78, 5) is 0. The largest absolute Gasteiger partial charge is 0.414 e. The molecule has 1 N–H and O–H groups in total. The van der Waals surface area contributed by atoms with Crippen molar-refractivity contribution in [3.63, 3.8) is 0 Å². The molecule has 5 rings (SSSR count). The molecule has 36 heavy (non-hydrogen) atoms. The van der Waals surface area contributed by atoms with E-state index in [0.29, 0.717) is 29.8 Å². The van der Waals surface area contributed by atoms with Crippen molar-refractivity contribution in [3.8, 4) is 0 Å². The minimum atomic E-state index is -1.85. The Kier molecular flexibility index (Phi) is 6.53. The molecule has 0 aromatic heterocycles. The van der Waals surface area contributed by atoms with E-state index in [0.717, 1.165) is 44.1 Å². The molecule has 4 unspecified atom stereocenters. The lowest BCUT2D eigenvalue weighted by molar-refractivity contribution is -0.181. The normalized spacial score (nSPS) is 47.6. The molecule has 1 heterocycles. The minimum absolute atomic E-state index is 0.0517. The van der Waals surface area contributed by atoms with Gasteiger partial charge in [-0.2, -0.15) is 0 Å². The molecule has 5 aliphatic rings. The van der Waals surface area contributed by atoms with E-state index in [2.05, 4.69) is 61.6 Å². The highest BCUT2D eigenvalue weighted by atomic mass is 28.4. The summed E-state index contributed by atoms with van der Waals surface area (Å²) in [6.45, 7) is 20.2. The molecule has 4 saturated carbocycles. The van der Waals surface area contributed by atoms with Crippen LogP contribution in [0.1, 0.15) is 93.4 Å². The van der Waals surface area contributed by atoms with Crippen molar-refractivity contribution in [2.75, 3.05) is 6.61 Å². The van der Waals surface area contributed by atoms with Crippen LogP contribution in [0.3, 0.4) is 0 Å². The molecule has 9 atom stereocenters. The third kappa shape index (κ3) is 4.03. The fourth-order valence-corrected chi connectivity index (χ4v) is 10.6. The molecule has 4 aliphatic carbocycles. The second-order valence-electron chi connectivity index (χ2n) is 15.3. The third-order valence-electron chi connectivity index (χ3n) is 12.0. The van der Waals surface area contributed by atoms with Crippen molar-refractivity contribution in [1.82, 2.24) is 0 Å². The smallest absolute Gasteiger partial charge is 0.192 e. The maximum absolute atomic E-state index is 14.8. The van der Waals surface area contributed by atoms with Gasteiger partial charge in [-0.1, -0.05) is 34.6 Å². The summed E-state index contributed by atoms with van der Waals surface area (Å²) in [6, 6.07) is 0. The maximum Gasteiger partial charge on any atom is 0.192 e. The fraction of sp³-hybridized carbons (Fsp3) is 0.933. The Morgan fingerprint density at radius 1 is 1.00 bits per heavy atom. The number of hydrogen-bond acceptors (Lipinski definition) is 4. The number of aliphatic hydroxyl groups excluding tert-OH is 1. The molecule has 0 bridgehead atoms. The monoisotopic (exact) mass is 522 g/mol. The van der Waals surface area contributed by atoms with Gasteiger partial charge in [-0.3, -0.25) is 0 Å². The van der Waals surface area contributed by atoms with Gasteiger partial charge in [-0.25, -0.2) is 4.39 Å². The number of hydrogen-bond donors (Lipinski definition) is 1. The highest BCUT2D eigenvalue weighted by molar-refractivity contribution is 6.74. The first kappa shape index (κ1) is 27.3. The number of fused-ring (bicyclic) bond motifs is 8. The molecule has 0 radical (unpaired) electrons. The Hall–Kier alpha value is -0.273. The van der Waals surface area contributed by atoms with Crippen molar-refractivity contribution in [2.45, 2.75) is 136 Å². The molecule has 5 fully saturated rings. The van der Waals surface area contributed by atoms with Gasteiger partial charge in [0.2, 0.25) is 0 Å². The Labute approximate surface area is 219 Å². The first-order valence-electron chi connectivity index (χ1n) is 14.6.